The molecule has 2 rings (SSSR count). The Labute approximate surface area is 123 Å². The van der Waals surface area contributed by atoms with Crippen molar-refractivity contribution in [3.63, 3.8) is 0 Å². The Kier molecular flexibility index (Phi) is 4.34. The summed E-state index contributed by atoms with van der Waals surface area (Å²) in [4.78, 5) is 13.9. The zero-order chi connectivity index (χ0) is 15.1. The number of aliphatic hydroxyl groups is 1. The number of aliphatic hydroxyl groups excluding tert-OH is 1. The van der Waals surface area contributed by atoms with Gasteiger partial charge >= 0.3 is 0 Å². The lowest BCUT2D eigenvalue weighted by atomic mass is 9.93. The molecule has 0 aromatic rings. The van der Waals surface area contributed by atoms with Gasteiger partial charge in [0, 0.05) is 24.9 Å². The van der Waals surface area contributed by atoms with Crippen LogP contribution in [0, 0.1) is 5.92 Å². The molecule has 0 aliphatic carbocycles. The quantitative estimate of drug-likeness (QED) is 0.811. The van der Waals surface area contributed by atoms with Gasteiger partial charge < -0.3 is 14.4 Å². The first-order valence-electron chi connectivity index (χ1n) is 7.75. The largest absolute Gasteiger partial charge is 0.414 e. The number of hydrogen-bond acceptors (Lipinski definition) is 3. The van der Waals surface area contributed by atoms with E-state index in [0.717, 1.165) is 19.4 Å². The Morgan fingerprint density at radius 2 is 2.10 bits per heavy atom. The Balaban J connectivity index is 1.93. The summed E-state index contributed by atoms with van der Waals surface area (Å²) in [6.45, 7) is 12.2. The van der Waals surface area contributed by atoms with Crippen LogP contribution in [0.1, 0.15) is 40.0 Å². The van der Waals surface area contributed by atoms with Gasteiger partial charge in [0.25, 0.3) is 0 Å². The van der Waals surface area contributed by atoms with E-state index in [4.69, 9.17) is 4.43 Å². The molecule has 20 heavy (non-hydrogen) atoms. The fraction of sp³-hybridized carbons (Fsp3) is 0.933. The van der Waals surface area contributed by atoms with Gasteiger partial charge in [0.05, 0.1) is 12.7 Å². The lowest BCUT2D eigenvalue weighted by molar-refractivity contribution is -0.127. The third-order valence-corrected chi connectivity index (χ3v) is 9.94. The molecule has 2 aliphatic heterocycles. The van der Waals surface area contributed by atoms with Crippen LogP contribution in [0.2, 0.25) is 18.1 Å². The lowest BCUT2D eigenvalue weighted by Gasteiger charge is -2.37. The molecule has 3 atom stereocenters. The van der Waals surface area contributed by atoms with Gasteiger partial charge in [-0.1, -0.05) is 20.8 Å². The Morgan fingerprint density at radius 1 is 1.45 bits per heavy atom. The summed E-state index contributed by atoms with van der Waals surface area (Å²) in [5, 5.41) is 10.6. The highest BCUT2D eigenvalue weighted by Crippen LogP contribution is 2.38. The molecule has 0 radical (unpaired) electrons. The number of fused-ring (bicyclic) bond motifs is 1. The van der Waals surface area contributed by atoms with Gasteiger partial charge in [-0.3, -0.25) is 4.79 Å². The van der Waals surface area contributed by atoms with Gasteiger partial charge in [-0.25, -0.2) is 0 Å². The van der Waals surface area contributed by atoms with Crippen molar-refractivity contribution >= 4 is 14.2 Å². The van der Waals surface area contributed by atoms with Gasteiger partial charge in [-0.15, -0.1) is 0 Å². The van der Waals surface area contributed by atoms with Gasteiger partial charge in [0.2, 0.25) is 5.91 Å². The van der Waals surface area contributed by atoms with Crippen LogP contribution in [0.15, 0.2) is 0 Å². The van der Waals surface area contributed by atoms with Crippen molar-refractivity contribution in [3.8, 4) is 0 Å². The number of hydrogen-bond donors (Lipinski definition) is 1. The molecule has 2 fully saturated rings. The van der Waals surface area contributed by atoms with Crippen molar-refractivity contribution in [1.29, 1.82) is 0 Å². The molecular weight excluding hydrogens is 270 g/mol. The summed E-state index contributed by atoms with van der Waals surface area (Å²) >= 11 is 0. The van der Waals surface area contributed by atoms with E-state index < -0.39 is 14.4 Å². The molecule has 1 N–H and O–H groups in total. The van der Waals surface area contributed by atoms with Crippen molar-refractivity contribution < 1.29 is 14.3 Å². The standard InChI is InChI=1S/C15H29NO3Si/c1-15(2,3)20(4,5)19-10-13(17)11-9-14(18)16-8-6-7-12(11)16/h11-13,17H,6-10H2,1-5H3/t11-,12-,13-/m1/s1. The minimum atomic E-state index is -1.83. The van der Waals surface area contributed by atoms with Gasteiger partial charge in [-0.2, -0.15) is 0 Å². The Morgan fingerprint density at radius 3 is 2.70 bits per heavy atom. The molecule has 0 bridgehead atoms. The number of carbonyl (C=O) groups is 1. The minimum Gasteiger partial charge on any atom is -0.414 e. The molecule has 0 spiro atoms. The van der Waals surface area contributed by atoms with Crippen LogP contribution in [-0.4, -0.2) is 49.5 Å². The van der Waals surface area contributed by atoms with E-state index in [-0.39, 0.29) is 22.9 Å². The summed E-state index contributed by atoms with van der Waals surface area (Å²) in [6.07, 6.45) is 2.09. The monoisotopic (exact) mass is 299 g/mol. The molecule has 0 aromatic carbocycles. The Hall–Kier alpha value is -0.393. The van der Waals surface area contributed by atoms with Crippen LogP contribution >= 0.6 is 0 Å². The van der Waals surface area contributed by atoms with Crippen LogP contribution in [0.5, 0.6) is 0 Å². The highest BCUT2D eigenvalue weighted by Gasteiger charge is 2.46. The summed E-state index contributed by atoms with van der Waals surface area (Å²) < 4.78 is 6.11. The highest BCUT2D eigenvalue weighted by atomic mass is 28.4. The maximum absolute atomic E-state index is 11.9. The molecule has 4 nitrogen and oxygen atoms in total. The smallest absolute Gasteiger partial charge is 0.223 e. The maximum Gasteiger partial charge on any atom is 0.223 e. The number of rotatable bonds is 4. The summed E-state index contributed by atoms with van der Waals surface area (Å²) in [5.41, 5.74) is 0. The highest BCUT2D eigenvalue weighted by molar-refractivity contribution is 6.74. The van der Waals surface area contributed by atoms with Crippen LogP contribution in [0.25, 0.3) is 0 Å². The molecule has 116 valence electrons. The first-order valence-corrected chi connectivity index (χ1v) is 10.7. The molecule has 0 saturated carbocycles. The zero-order valence-corrected chi connectivity index (χ0v) is 14.5. The van der Waals surface area contributed by atoms with E-state index in [0.29, 0.717) is 13.0 Å². The normalized spacial score (nSPS) is 28.9. The predicted octanol–water partition coefficient (Wildman–Crippen LogP) is 2.38. The van der Waals surface area contributed by atoms with Crippen molar-refractivity contribution in [2.45, 2.75) is 70.3 Å². The van der Waals surface area contributed by atoms with E-state index >= 15 is 0 Å². The third kappa shape index (κ3) is 2.94. The van der Waals surface area contributed by atoms with Crippen molar-refractivity contribution in [3.05, 3.63) is 0 Å². The second-order valence-electron chi connectivity index (χ2n) is 7.80. The van der Waals surface area contributed by atoms with Gasteiger partial charge in [0.1, 0.15) is 0 Å². The topological polar surface area (TPSA) is 49.8 Å². The van der Waals surface area contributed by atoms with E-state index in [1.165, 1.54) is 0 Å². The lowest BCUT2D eigenvalue weighted by Crippen LogP contribution is -2.44. The number of nitrogens with zero attached hydrogens (tertiary/aromatic N) is 1. The fourth-order valence-corrected chi connectivity index (χ4v) is 4.05. The summed E-state index contributed by atoms with van der Waals surface area (Å²) in [7, 11) is -1.83. The Bertz CT molecular complexity index is 378. The average molecular weight is 299 g/mol. The molecule has 5 heteroatoms. The van der Waals surface area contributed by atoms with E-state index in [1.807, 2.05) is 4.90 Å². The second-order valence-corrected chi connectivity index (χ2v) is 12.6. The second kappa shape index (κ2) is 5.43. The maximum atomic E-state index is 11.9. The SMILES string of the molecule is CC(C)(C)[Si](C)(C)OC[C@@H](O)[C@@H]1CC(=O)N2CCC[C@H]12. The summed E-state index contributed by atoms with van der Waals surface area (Å²) in [5.74, 6) is 0.277. The van der Waals surface area contributed by atoms with E-state index in [1.54, 1.807) is 0 Å². The third-order valence-electron chi connectivity index (χ3n) is 5.44. The molecule has 1 amide bonds. The molecular formula is C15H29NO3Si. The van der Waals surface area contributed by atoms with Crippen molar-refractivity contribution in [1.82, 2.24) is 4.90 Å². The molecule has 2 heterocycles. The average Bonchev–Trinajstić information content (AvgIpc) is 2.89. The first kappa shape index (κ1) is 16.0. The van der Waals surface area contributed by atoms with Gasteiger partial charge in [-0.05, 0) is 31.0 Å². The van der Waals surface area contributed by atoms with Crippen molar-refractivity contribution in [2.75, 3.05) is 13.2 Å². The molecule has 2 aliphatic rings. The van der Waals surface area contributed by atoms with Crippen molar-refractivity contribution in [2.24, 2.45) is 5.92 Å². The van der Waals surface area contributed by atoms with Crippen LogP contribution in [-0.2, 0) is 9.22 Å². The van der Waals surface area contributed by atoms with Crippen LogP contribution in [0.4, 0.5) is 0 Å². The van der Waals surface area contributed by atoms with E-state index in [2.05, 4.69) is 33.9 Å². The van der Waals surface area contributed by atoms with Gasteiger partial charge in [0.15, 0.2) is 8.32 Å². The number of amides is 1. The molecule has 0 unspecified atom stereocenters. The predicted molar refractivity (Wildman–Crippen MR) is 82.0 cm³/mol. The fourth-order valence-electron chi connectivity index (χ4n) is 3.03. The first-order chi connectivity index (χ1) is 9.13. The minimum absolute atomic E-state index is 0.0646. The van der Waals surface area contributed by atoms with Crippen LogP contribution < -0.4 is 0 Å². The molecule has 2 saturated heterocycles. The summed E-state index contributed by atoms with van der Waals surface area (Å²) in [6, 6.07) is 0.250. The molecule has 0 aromatic heterocycles. The number of carbonyl (C=O) groups excluding carboxylic acids is 1. The zero-order valence-electron chi connectivity index (χ0n) is 13.5. The van der Waals surface area contributed by atoms with Crippen LogP contribution in [0.3, 0.4) is 0 Å². The van der Waals surface area contributed by atoms with E-state index in [9.17, 15) is 9.90 Å².